The number of nitrogens with one attached hydrogen (secondary N) is 1. The first-order chi connectivity index (χ1) is 8.79. The van der Waals surface area contributed by atoms with Crippen LogP contribution in [0.15, 0.2) is 36.8 Å². The lowest BCUT2D eigenvalue weighted by Crippen LogP contribution is -2.14. The first kappa shape index (κ1) is 12.0. The van der Waals surface area contributed by atoms with E-state index in [1.807, 2.05) is 6.92 Å². The number of anilines is 1. The van der Waals surface area contributed by atoms with Crippen LogP contribution in [0.25, 0.3) is 0 Å². The molecule has 0 bridgehead atoms. The molecule has 0 aliphatic rings. The van der Waals surface area contributed by atoms with Crippen LogP contribution in [0.4, 0.5) is 5.82 Å². The van der Waals surface area contributed by atoms with E-state index >= 15 is 0 Å². The smallest absolute Gasteiger partial charge is 0.275 e. The van der Waals surface area contributed by atoms with Crippen LogP contribution in [0.1, 0.15) is 17.4 Å². The molecule has 0 aromatic carbocycles. The van der Waals surface area contributed by atoms with Crippen molar-refractivity contribution in [1.29, 1.82) is 0 Å². The molecule has 0 radical (unpaired) electrons. The number of ether oxygens (including phenoxy) is 1. The molecule has 0 saturated heterocycles. The van der Waals surface area contributed by atoms with Gasteiger partial charge in [0.05, 0.1) is 19.0 Å². The summed E-state index contributed by atoms with van der Waals surface area (Å²) >= 11 is 0. The Labute approximate surface area is 104 Å². The highest BCUT2D eigenvalue weighted by molar-refractivity contribution is 6.02. The van der Waals surface area contributed by atoms with Crippen LogP contribution in [0, 0.1) is 0 Å². The Morgan fingerprint density at radius 3 is 3.00 bits per heavy atom. The number of carbonyl (C=O) groups excluding carboxylic acids is 1. The standard InChI is InChI=1S/C12H12N4O2/c1-2-18-11-8-13-7-10(15-11)16-12(17)9-5-3-4-6-14-9/h3-8H,2H2,1H3,(H,15,16,17). The van der Waals surface area contributed by atoms with Crippen LogP contribution in [0.2, 0.25) is 0 Å². The van der Waals surface area contributed by atoms with Crippen LogP contribution < -0.4 is 10.1 Å². The summed E-state index contributed by atoms with van der Waals surface area (Å²) in [5, 5.41) is 2.60. The van der Waals surface area contributed by atoms with Crippen molar-refractivity contribution in [1.82, 2.24) is 15.0 Å². The van der Waals surface area contributed by atoms with Crippen molar-refractivity contribution in [2.45, 2.75) is 6.92 Å². The lowest BCUT2D eigenvalue weighted by molar-refractivity contribution is 0.102. The Morgan fingerprint density at radius 1 is 1.39 bits per heavy atom. The maximum atomic E-state index is 11.8. The van der Waals surface area contributed by atoms with Gasteiger partial charge in [-0.25, -0.2) is 0 Å². The third kappa shape index (κ3) is 3.00. The molecule has 0 aliphatic carbocycles. The van der Waals surface area contributed by atoms with E-state index in [-0.39, 0.29) is 5.91 Å². The van der Waals surface area contributed by atoms with E-state index in [0.29, 0.717) is 24.0 Å². The lowest BCUT2D eigenvalue weighted by Gasteiger charge is -2.05. The number of nitrogens with zero attached hydrogens (tertiary/aromatic N) is 3. The average molecular weight is 244 g/mol. The molecule has 2 rings (SSSR count). The van der Waals surface area contributed by atoms with Gasteiger partial charge in [-0.05, 0) is 19.1 Å². The van der Waals surface area contributed by atoms with Gasteiger partial charge in [0.15, 0.2) is 5.82 Å². The summed E-state index contributed by atoms with van der Waals surface area (Å²) in [5.74, 6) is 0.367. The van der Waals surface area contributed by atoms with Crippen LogP contribution in [0.5, 0.6) is 5.88 Å². The fourth-order valence-corrected chi connectivity index (χ4v) is 1.30. The van der Waals surface area contributed by atoms with Crippen molar-refractivity contribution in [2.24, 2.45) is 0 Å². The molecule has 2 aromatic rings. The minimum absolute atomic E-state index is 0.320. The number of rotatable bonds is 4. The van der Waals surface area contributed by atoms with E-state index < -0.39 is 0 Å². The molecule has 6 nitrogen and oxygen atoms in total. The highest BCUT2D eigenvalue weighted by atomic mass is 16.5. The van der Waals surface area contributed by atoms with Crippen LogP contribution in [-0.4, -0.2) is 27.5 Å². The number of hydrogen-bond donors (Lipinski definition) is 1. The van der Waals surface area contributed by atoms with Crippen molar-refractivity contribution >= 4 is 11.7 Å². The van der Waals surface area contributed by atoms with Crippen molar-refractivity contribution in [3.63, 3.8) is 0 Å². The van der Waals surface area contributed by atoms with E-state index in [4.69, 9.17) is 4.74 Å². The number of pyridine rings is 1. The number of aromatic nitrogens is 3. The molecule has 6 heteroatoms. The zero-order valence-electron chi connectivity index (χ0n) is 9.83. The van der Waals surface area contributed by atoms with E-state index in [2.05, 4.69) is 20.3 Å². The fraction of sp³-hybridized carbons (Fsp3) is 0.167. The Morgan fingerprint density at radius 2 is 2.28 bits per heavy atom. The van der Waals surface area contributed by atoms with E-state index in [0.717, 1.165) is 0 Å². The van der Waals surface area contributed by atoms with Gasteiger partial charge < -0.3 is 10.1 Å². The van der Waals surface area contributed by atoms with Gasteiger partial charge in [-0.15, -0.1) is 0 Å². The zero-order valence-corrected chi connectivity index (χ0v) is 9.83. The van der Waals surface area contributed by atoms with Gasteiger partial charge in [0.25, 0.3) is 5.91 Å². The summed E-state index contributed by atoms with van der Waals surface area (Å²) < 4.78 is 5.19. The summed E-state index contributed by atoms with van der Waals surface area (Å²) in [6.07, 6.45) is 4.49. The first-order valence-electron chi connectivity index (χ1n) is 5.47. The SMILES string of the molecule is CCOc1cncc(NC(=O)c2ccccn2)n1. The number of hydrogen-bond acceptors (Lipinski definition) is 5. The molecule has 0 aliphatic heterocycles. The first-order valence-corrected chi connectivity index (χ1v) is 5.47. The van der Waals surface area contributed by atoms with E-state index in [9.17, 15) is 4.79 Å². The molecule has 0 saturated carbocycles. The molecule has 1 N–H and O–H groups in total. The average Bonchev–Trinajstić information content (AvgIpc) is 2.40. The van der Waals surface area contributed by atoms with Gasteiger partial charge >= 0.3 is 0 Å². The molecule has 18 heavy (non-hydrogen) atoms. The Bertz CT molecular complexity index is 531. The van der Waals surface area contributed by atoms with Gasteiger partial charge in [0, 0.05) is 6.20 Å². The van der Waals surface area contributed by atoms with Crippen molar-refractivity contribution in [2.75, 3.05) is 11.9 Å². The van der Waals surface area contributed by atoms with Crippen LogP contribution in [-0.2, 0) is 0 Å². The summed E-state index contributed by atoms with van der Waals surface area (Å²) in [4.78, 5) is 23.8. The maximum Gasteiger partial charge on any atom is 0.275 e. The summed E-state index contributed by atoms with van der Waals surface area (Å²) in [5.41, 5.74) is 0.320. The van der Waals surface area contributed by atoms with Crippen molar-refractivity contribution in [3.05, 3.63) is 42.5 Å². The number of carbonyl (C=O) groups is 1. The van der Waals surface area contributed by atoms with E-state index in [1.165, 1.54) is 12.4 Å². The largest absolute Gasteiger partial charge is 0.477 e. The summed E-state index contributed by atoms with van der Waals surface area (Å²) in [6, 6.07) is 5.10. The Hall–Kier alpha value is -2.50. The summed E-state index contributed by atoms with van der Waals surface area (Å²) in [7, 11) is 0. The lowest BCUT2D eigenvalue weighted by atomic mass is 10.3. The second kappa shape index (κ2) is 5.72. The van der Waals surface area contributed by atoms with Crippen molar-refractivity contribution < 1.29 is 9.53 Å². The minimum Gasteiger partial charge on any atom is -0.477 e. The monoisotopic (exact) mass is 244 g/mol. The molecule has 92 valence electrons. The highest BCUT2D eigenvalue weighted by Gasteiger charge is 2.08. The Kier molecular flexibility index (Phi) is 3.80. The third-order valence-corrected chi connectivity index (χ3v) is 2.04. The minimum atomic E-state index is -0.335. The normalized spacial score (nSPS) is 9.83. The molecule has 2 aromatic heterocycles. The predicted molar refractivity (Wildman–Crippen MR) is 65.4 cm³/mol. The highest BCUT2D eigenvalue weighted by Crippen LogP contribution is 2.09. The molecule has 0 fully saturated rings. The Balaban J connectivity index is 2.10. The molecule has 2 heterocycles. The van der Waals surface area contributed by atoms with Gasteiger partial charge in [-0.2, -0.15) is 4.98 Å². The second-order valence-electron chi connectivity index (χ2n) is 3.34. The third-order valence-electron chi connectivity index (χ3n) is 2.04. The quantitative estimate of drug-likeness (QED) is 0.882. The predicted octanol–water partition coefficient (Wildman–Crippen LogP) is 1.52. The summed E-state index contributed by atoms with van der Waals surface area (Å²) in [6.45, 7) is 2.34. The topological polar surface area (TPSA) is 77.0 Å². The van der Waals surface area contributed by atoms with Crippen LogP contribution >= 0.6 is 0 Å². The second-order valence-corrected chi connectivity index (χ2v) is 3.34. The molecule has 0 spiro atoms. The van der Waals surface area contributed by atoms with Crippen LogP contribution in [0.3, 0.4) is 0 Å². The fourth-order valence-electron chi connectivity index (χ4n) is 1.30. The van der Waals surface area contributed by atoms with Gasteiger partial charge in [0.1, 0.15) is 5.69 Å². The molecule has 0 atom stereocenters. The van der Waals surface area contributed by atoms with Crippen molar-refractivity contribution in [3.8, 4) is 5.88 Å². The maximum absolute atomic E-state index is 11.8. The van der Waals surface area contributed by atoms with Gasteiger partial charge in [-0.3, -0.25) is 14.8 Å². The van der Waals surface area contributed by atoms with Gasteiger partial charge in [0.2, 0.25) is 5.88 Å². The molecular formula is C12H12N4O2. The zero-order chi connectivity index (χ0) is 12.8. The van der Waals surface area contributed by atoms with E-state index in [1.54, 1.807) is 24.4 Å². The molecular weight excluding hydrogens is 232 g/mol. The number of amides is 1. The molecule has 1 amide bonds. The van der Waals surface area contributed by atoms with Gasteiger partial charge in [-0.1, -0.05) is 6.07 Å². The molecule has 0 unspecified atom stereocenters.